The number of rotatable bonds is 2. The fourth-order valence-electron chi connectivity index (χ4n) is 2.19. The molecule has 3 nitrogen and oxygen atoms in total. The summed E-state index contributed by atoms with van der Waals surface area (Å²) in [6, 6.07) is 3.30. The van der Waals surface area contributed by atoms with Gasteiger partial charge in [0.1, 0.15) is 6.61 Å². The van der Waals surface area contributed by atoms with Crippen LogP contribution in [-0.4, -0.2) is 17.4 Å². The van der Waals surface area contributed by atoms with Gasteiger partial charge in [0.05, 0.1) is 11.8 Å². The Balaban J connectivity index is 2.08. The number of nitrogens with one attached hydrogen (secondary N) is 1. The third kappa shape index (κ3) is 2.44. The average Bonchev–Trinajstić information content (AvgIpc) is 2.89. The molecule has 0 radical (unpaired) electrons. The third-order valence-electron chi connectivity index (χ3n) is 3.26. The molecule has 1 N–H and O–H groups in total. The lowest BCUT2D eigenvalue weighted by atomic mass is 10.0. The molecule has 0 amide bonds. The van der Waals surface area contributed by atoms with Crippen molar-refractivity contribution >= 4 is 16.7 Å². The van der Waals surface area contributed by atoms with Gasteiger partial charge < -0.3 is 9.72 Å². The zero-order chi connectivity index (χ0) is 15.0. The van der Waals surface area contributed by atoms with Gasteiger partial charge in [0.2, 0.25) is 0 Å². The van der Waals surface area contributed by atoms with Crippen LogP contribution in [0.25, 0.3) is 10.9 Å². The van der Waals surface area contributed by atoms with Crippen LogP contribution in [0, 0.1) is 0 Å². The van der Waals surface area contributed by atoms with Gasteiger partial charge in [0, 0.05) is 28.2 Å². The summed E-state index contributed by atoms with van der Waals surface area (Å²) in [4.78, 5) is 15.2. The molecule has 1 aliphatic heterocycles. The molecule has 21 heavy (non-hydrogen) atoms. The van der Waals surface area contributed by atoms with Gasteiger partial charge in [-0.25, -0.2) is 0 Å². The molecule has 2 aromatic rings. The number of aromatic nitrogens is 1. The van der Waals surface area contributed by atoms with E-state index in [-0.39, 0.29) is 23.3 Å². The maximum Gasteiger partial charge on any atom is 0.416 e. The quantitative estimate of drug-likeness (QED) is 0.855. The Labute approximate surface area is 117 Å². The topological polar surface area (TPSA) is 42.1 Å². The summed E-state index contributed by atoms with van der Waals surface area (Å²) >= 11 is 0. The molecular weight excluding hydrogens is 283 g/mol. The van der Waals surface area contributed by atoms with Gasteiger partial charge in [-0.15, -0.1) is 0 Å². The Morgan fingerprint density at radius 1 is 1.29 bits per heavy atom. The standard InChI is InChI=1S/C15H10F3NO2/c16-15(17,18)10-1-2-13-11(7-10)12(8-19-13)14(20)9-3-5-21-6-4-9/h1-5,7-8,19H,6H2. The Hall–Kier alpha value is -2.50. The van der Waals surface area contributed by atoms with E-state index in [4.69, 9.17) is 4.74 Å². The molecular formula is C15H10F3NO2. The highest BCUT2D eigenvalue weighted by atomic mass is 19.4. The first-order valence-electron chi connectivity index (χ1n) is 6.18. The van der Waals surface area contributed by atoms with E-state index in [1.807, 2.05) is 0 Å². The molecule has 0 saturated carbocycles. The minimum Gasteiger partial charge on any atom is -0.497 e. The minimum atomic E-state index is -4.44. The van der Waals surface area contributed by atoms with E-state index < -0.39 is 11.7 Å². The molecule has 1 aromatic carbocycles. The van der Waals surface area contributed by atoms with Crippen molar-refractivity contribution in [3.63, 3.8) is 0 Å². The normalized spacial score (nSPS) is 14.9. The van der Waals surface area contributed by atoms with Crippen LogP contribution in [0.3, 0.4) is 0 Å². The van der Waals surface area contributed by atoms with Crippen LogP contribution >= 0.6 is 0 Å². The second-order valence-corrected chi connectivity index (χ2v) is 4.59. The van der Waals surface area contributed by atoms with Gasteiger partial charge in [-0.2, -0.15) is 13.2 Å². The molecule has 6 heteroatoms. The maximum absolute atomic E-state index is 12.8. The van der Waals surface area contributed by atoms with Crippen molar-refractivity contribution in [1.29, 1.82) is 0 Å². The van der Waals surface area contributed by atoms with Crippen LogP contribution in [0.15, 0.2) is 48.4 Å². The van der Waals surface area contributed by atoms with E-state index in [1.165, 1.54) is 24.6 Å². The highest BCUT2D eigenvalue weighted by Crippen LogP contribution is 2.32. The van der Waals surface area contributed by atoms with Crippen LogP contribution in [0.5, 0.6) is 0 Å². The van der Waals surface area contributed by atoms with Crippen LogP contribution < -0.4 is 0 Å². The van der Waals surface area contributed by atoms with Crippen molar-refractivity contribution < 1.29 is 22.7 Å². The summed E-state index contributed by atoms with van der Waals surface area (Å²) < 4.78 is 43.3. The summed E-state index contributed by atoms with van der Waals surface area (Å²) in [6.07, 6.45) is 1.47. The zero-order valence-electron chi connectivity index (χ0n) is 10.7. The number of halogens is 3. The number of fused-ring (bicyclic) bond motifs is 1. The van der Waals surface area contributed by atoms with Crippen LogP contribution in [-0.2, 0) is 10.9 Å². The summed E-state index contributed by atoms with van der Waals surface area (Å²) in [5, 5.41) is 0.260. The smallest absolute Gasteiger partial charge is 0.416 e. The molecule has 0 saturated heterocycles. The van der Waals surface area contributed by atoms with Crippen molar-refractivity contribution in [2.75, 3.05) is 6.61 Å². The second-order valence-electron chi connectivity index (χ2n) is 4.59. The Kier molecular flexibility index (Phi) is 3.08. The summed E-state index contributed by atoms with van der Waals surface area (Å²) in [7, 11) is 0. The van der Waals surface area contributed by atoms with Crippen molar-refractivity contribution in [3.05, 3.63) is 59.5 Å². The minimum absolute atomic E-state index is 0.217. The van der Waals surface area contributed by atoms with Gasteiger partial charge >= 0.3 is 6.18 Å². The molecule has 0 spiro atoms. The number of aromatic amines is 1. The van der Waals surface area contributed by atoms with E-state index >= 15 is 0 Å². The van der Waals surface area contributed by atoms with E-state index in [9.17, 15) is 18.0 Å². The molecule has 0 bridgehead atoms. The molecule has 108 valence electrons. The SMILES string of the molecule is O=C(C1=CCOC=C1)c1c[nH]c2ccc(C(F)(F)F)cc12. The van der Waals surface area contributed by atoms with Crippen molar-refractivity contribution in [2.45, 2.75) is 6.18 Å². The lowest BCUT2D eigenvalue weighted by molar-refractivity contribution is -0.137. The number of ether oxygens (including phenoxy) is 1. The third-order valence-corrected chi connectivity index (χ3v) is 3.26. The van der Waals surface area contributed by atoms with Gasteiger partial charge in [0.25, 0.3) is 0 Å². The highest BCUT2D eigenvalue weighted by Gasteiger charge is 2.31. The van der Waals surface area contributed by atoms with E-state index in [2.05, 4.69) is 4.98 Å². The molecule has 0 fully saturated rings. The Morgan fingerprint density at radius 3 is 2.76 bits per heavy atom. The van der Waals surface area contributed by atoms with Crippen LogP contribution in [0.1, 0.15) is 15.9 Å². The predicted octanol–water partition coefficient (Wildman–Crippen LogP) is 3.84. The van der Waals surface area contributed by atoms with Crippen molar-refractivity contribution in [3.8, 4) is 0 Å². The fraction of sp³-hybridized carbons (Fsp3) is 0.133. The molecule has 1 aromatic heterocycles. The first-order chi connectivity index (χ1) is 9.97. The van der Waals surface area contributed by atoms with E-state index in [0.717, 1.165) is 12.1 Å². The number of hydrogen-bond donors (Lipinski definition) is 1. The lowest BCUT2D eigenvalue weighted by Crippen LogP contribution is -2.06. The Morgan fingerprint density at radius 2 is 2.10 bits per heavy atom. The van der Waals surface area contributed by atoms with Gasteiger partial charge in [-0.1, -0.05) is 0 Å². The first kappa shape index (κ1) is 13.5. The van der Waals surface area contributed by atoms with Gasteiger partial charge in [-0.05, 0) is 30.4 Å². The summed E-state index contributed by atoms with van der Waals surface area (Å²) in [5.74, 6) is -0.333. The Bertz CT molecular complexity index is 769. The molecule has 0 aliphatic carbocycles. The van der Waals surface area contributed by atoms with Crippen molar-refractivity contribution in [1.82, 2.24) is 4.98 Å². The fourth-order valence-corrected chi connectivity index (χ4v) is 2.19. The molecule has 2 heterocycles. The number of alkyl halides is 3. The number of benzene rings is 1. The van der Waals surface area contributed by atoms with E-state index in [0.29, 0.717) is 11.1 Å². The monoisotopic (exact) mass is 293 g/mol. The number of Topliss-reactive ketones (excluding diaryl/α,β-unsaturated/α-hetero) is 1. The number of allylic oxidation sites excluding steroid dienone is 2. The largest absolute Gasteiger partial charge is 0.497 e. The summed E-state index contributed by atoms with van der Waals surface area (Å²) in [6.45, 7) is 0.272. The maximum atomic E-state index is 12.8. The second kappa shape index (κ2) is 4.80. The molecule has 1 aliphatic rings. The number of ketones is 1. The highest BCUT2D eigenvalue weighted by molar-refractivity contribution is 6.17. The number of carbonyl (C=O) groups excluding carboxylic acids is 1. The zero-order valence-corrected chi connectivity index (χ0v) is 10.7. The van der Waals surface area contributed by atoms with Gasteiger partial charge in [-0.3, -0.25) is 4.79 Å². The number of hydrogen-bond acceptors (Lipinski definition) is 2. The molecule has 3 rings (SSSR count). The number of carbonyl (C=O) groups is 1. The van der Waals surface area contributed by atoms with Crippen LogP contribution in [0.2, 0.25) is 0 Å². The van der Waals surface area contributed by atoms with E-state index in [1.54, 1.807) is 6.08 Å². The molecule has 0 atom stereocenters. The summed E-state index contributed by atoms with van der Waals surface area (Å²) in [5.41, 5.74) is 0.330. The van der Waals surface area contributed by atoms with Crippen LogP contribution in [0.4, 0.5) is 13.2 Å². The van der Waals surface area contributed by atoms with Gasteiger partial charge in [0.15, 0.2) is 5.78 Å². The number of H-pyrrole nitrogens is 1. The molecule has 0 unspecified atom stereocenters. The average molecular weight is 293 g/mol. The van der Waals surface area contributed by atoms with Crippen molar-refractivity contribution in [2.24, 2.45) is 0 Å². The predicted molar refractivity (Wildman–Crippen MR) is 70.8 cm³/mol. The lowest BCUT2D eigenvalue weighted by Gasteiger charge is -2.08. The first-order valence-corrected chi connectivity index (χ1v) is 6.18.